The van der Waals surface area contributed by atoms with Gasteiger partial charge in [0.25, 0.3) is 0 Å². The molecule has 0 radical (unpaired) electrons. The number of oxazole rings is 1. The van der Waals surface area contributed by atoms with Crippen molar-refractivity contribution in [2.45, 2.75) is 0 Å². The van der Waals surface area contributed by atoms with E-state index in [0.29, 0.717) is 0 Å². The number of benzene rings is 1. The Labute approximate surface area is 78.4 Å². The van der Waals surface area contributed by atoms with Crippen LogP contribution >= 0.6 is 19.8 Å². The SMILES string of the molecule is CI(C)c1ccc2ncoc2c1. The number of rotatable bonds is 1. The zero-order chi connectivity index (χ0) is 8.55. The molecule has 12 heavy (non-hydrogen) atoms. The van der Waals surface area contributed by atoms with Crippen LogP contribution in [0.5, 0.6) is 0 Å². The van der Waals surface area contributed by atoms with Crippen molar-refractivity contribution in [3.8, 4) is 0 Å². The number of hydrogen-bond acceptors (Lipinski definition) is 2. The van der Waals surface area contributed by atoms with Crippen LogP contribution in [0.1, 0.15) is 0 Å². The summed E-state index contributed by atoms with van der Waals surface area (Å²) in [6.45, 7) is 0. The Hall–Kier alpha value is -0.580. The predicted molar refractivity (Wildman–Crippen MR) is 58.6 cm³/mol. The van der Waals surface area contributed by atoms with Crippen molar-refractivity contribution in [2.75, 3.05) is 9.86 Å². The maximum atomic E-state index is 5.22. The van der Waals surface area contributed by atoms with E-state index in [9.17, 15) is 0 Å². The molecule has 2 aromatic rings. The molecule has 0 bridgehead atoms. The summed E-state index contributed by atoms with van der Waals surface area (Å²) >= 11 is -0.858. The van der Waals surface area contributed by atoms with Gasteiger partial charge in [-0.25, -0.2) is 0 Å². The molecule has 0 saturated carbocycles. The van der Waals surface area contributed by atoms with Crippen LogP contribution in [-0.2, 0) is 0 Å². The Morgan fingerprint density at radius 3 is 2.92 bits per heavy atom. The summed E-state index contributed by atoms with van der Waals surface area (Å²) in [4.78, 5) is 8.71. The average molecular weight is 275 g/mol. The Bertz CT molecular complexity index is 394. The Balaban J connectivity index is 2.60. The first-order chi connectivity index (χ1) is 5.77. The van der Waals surface area contributed by atoms with Crippen LogP contribution in [0.15, 0.2) is 29.0 Å². The minimum atomic E-state index is -0.858. The van der Waals surface area contributed by atoms with Crippen LogP contribution in [0.2, 0.25) is 0 Å². The third-order valence-electron chi connectivity index (χ3n) is 1.73. The molecule has 0 atom stereocenters. The molecule has 0 aliphatic rings. The standard InChI is InChI=1S/C9H10INO/c1-10(2)7-3-4-8-9(5-7)12-6-11-8/h3-6H,1-2H3. The van der Waals surface area contributed by atoms with Crippen LogP contribution < -0.4 is 0 Å². The van der Waals surface area contributed by atoms with E-state index in [2.05, 4.69) is 27.0 Å². The summed E-state index contributed by atoms with van der Waals surface area (Å²) in [7, 11) is 0. The predicted octanol–water partition coefficient (Wildman–Crippen LogP) is 2.76. The summed E-state index contributed by atoms with van der Waals surface area (Å²) in [6.07, 6.45) is 1.50. The van der Waals surface area contributed by atoms with Gasteiger partial charge in [0.15, 0.2) is 0 Å². The fraction of sp³-hybridized carbons (Fsp3) is 0.222. The van der Waals surface area contributed by atoms with E-state index in [1.54, 1.807) is 0 Å². The van der Waals surface area contributed by atoms with Gasteiger partial charge in [-0.3, -0.25) is 0 Å². The Kier molecular flexibility index (Phi) is 2.04. The number of alkyl halides is 2. The molecule has 0 unspecified atom stereocenters. The van der Waals surface area contributed by atoms with Gasteiger partial charge in [-0.15, -0.1) is 0 Å². The van der Waals surface area contributed by atoms with Crippen LogP contribution in [0.25, 0.3) is 11.1 Å². The minimum absolute atomic E-state index is 0.858. The fourth-order valence-corrected chi connectivity index (χ4v) is 2.87. The average Bonchev–Trinajstić information content (AvgIpc) is 2.49. The number of fused-ring (bicyclic) bond motifs is 1. The molecule has 0 N–H and O–H groups in total. The van der Waals surface area contributed by atoms with E-state index >= 15 is 0 Å². The second-order valence-corrected chi connectivity index (χ2v) is 8.28. The quantitative estimate of drug-likeness (QED) is 0.591. The number of hydrogen-bond donors (Lipinski definition) is 0. The van der Waals surface area contributed by atoms with Gasteiger partial charge >= 0.3 is 78.3 Å². The maximum absolute atomic E-state index is 5.22. The molecular weight excluding hydrogens is 265 g/mol. The van der Waals surface area contributed by atoms with E-state index < -0.39 is 19.8 Å². The molecule has 1 aromatic carbocycles. The zero-order valence-corrected chi connectivity index (χ0v) is 9.20. The van der Waals surface area contributed by atoms with Crippen molar-refractivity contribution in [3.05, 3.63) is 28.2 Å². The van der Waals surface area contributed by atoms with E-state index in [1.165, 1.54) is 9.96 Å². The van der Waals surface area contributed by atoms with Gasteiger partial charge in [-0.2, -0.15) is 0 Å². The third-order valence-corrected chi connectivity index (χ3v) is 4.89. The summed E-state index contributed by atoms with van der Waals surface area (Å²) in [5.41, 5.74) is 1.87. The first-order valence-electron chi connectivity index (χ1n) is 3.60. The molecular formula is C9H10INO. The monoisotopic (exact) mass is 275 g/mol. The Morgan fingerprint density at radius 2 is 2.17 bits per heavy atom. The van der Waals surface area contributed by atoms with E-state index in [4.69, 9.17) is 4.42 Å². The molecule has 64 valence electrons. The van der Waals surface area contributed by atoms with Crippen LogP contribution in [0, 0.1) is 3.57 Å². The summed E-state index contributed by atoms with van der Waals surface area (Å²) in [5, 5.41) is 0. The van der Waals surface area contributed by atoms with E-state index in [-0.39, 0.29) is 0 Å². The van der Waals surface area contributed by atoms with E-state index in [1.807, 2.05) is 6.07 Å². The number of halogens is 1. The van der Waals surface area contributed by atoms with Gasteiger partial charge in [-0.1, -0.05) is 0 Å². The van der Waals surface area contributed by atoms with Crippen molar-refractivity contribution >= 4 is 30.9 Å². The van der Waals surface area contributed by atoms with Gasteiger partial charge in [0.05, 0.1) is 0 Å². The molecule has 1 aromatic heterocycles. The third kappa shape index (κ3) is 1.33. The van der Waals surface area contributed by atoms with Crippen LogP contribution in [0.3, 0.4) is 0 Å². The van der Waals surface area contributed by atoms with Gasteiger partial charge < -0.3 is 0 Å². The Morgan fingerprint density at radius 1 is 1.33 bits per heavy atom. The second-order valence-electron chi connectivity index (χ2n) is 2.72. The fourth-order valence-electron chi connectivity index (χ4n) is 1.06. The van der Waals surface area contributed by atoms with Gasteiger partial charge in [0.1, 0.15) is 0 Å². The molecule has 0 saturated heterocycles. The first-order valence-corrected chi connectivity index (χ1v) is 9.00. The summed E-state index contributed by atoms with van der Waals surface area (Å²) in [5.74, 6) is 0. The van der Waals surface area contributed by atoms with Gasteiger partial charge in [-0.05, 0) is 0 Å². The molecule has 0 aliphatic carbocycles. The molecule has 2 rings (SSSR count). The van der Waals surface area contributed by atoms with Crippen molar-refractivity contribution in [1.82, 2.24) is 4.98 Å². The molecule has 0 spiro atoms. The van der Waals surface area contributed by atoms with E-state index in [0.717, 1.165) is 11.1 Å². The zero-order valence-electron chi connectivity index (χ0n) is 7.04. The summed E-state index contributed by atoms with van der Waals surface area (Å²) in [6, 6.07) is 6.31. The molecule has 1 heterocycles. The molecule has 2 nitrogen and oxygen atoms in total. The van der Waals surface area contributed by atoms with Crippen molar-refractivity contribution < 1.29 is 4.42 Å². The molecule has 0 amide bonds. The first kappa shape index (κ1) is 8.04. The van der Waals surface area contributed by atoms with Crippen molar-refractivity contribution in [1.29, 1.82) is 0 Å². The van der Waals surface area contributed by atoms with Gasteiger partial charge in [0, 0.05) is 0 Å². The van der Waals surface area contributed by atoms with Crippen LogP contribution in [-0.4, -0.2) is 14.8 Å². The van der Waals surface area contributed by atoms with Gasteiger partial charge in [0.2, 0.25) is 0 Å². The second kappa shape index (κ2) is 3.05. The van der Waals surface area contributed by atoms with Crippen molar-refractivity contribution in [2.24, 2.45) is 0 Å². The number of aromatic nitrogens is 1. The van der Waals surface area contributed by atoms with Crippen LogP contribution in [0.4, 0.5) is 0 Å². The number of nitrogens with zero attached hydrogens (tertiary/aromatic N) is 1. The topological polar surface area (TPSA) is 26.0 Å². The summed E-state index contributed by atoms with van der Waals surface area (Å²) < 4.78 is 6.67. The molecule has 3 heteroatoms. The molecule has 0 aliphatic heterocycles. The van der Waals surface area contributed by atoms with Crippen molar-refractivity contribution in [3.63, 3.8) is 0 Å². The normalized spacial score (nSPS) is 12.0. The molecule has 0 fully saturated rings.